The van der Waals surface area contributed by atoms with Crippen LogP contribution in [0.15, 0.2) is 0 Å². The molecule has 0 bridgehead atoms. The molecule has 0 aromatic rings. The summed E-state index contributed by atoms with van der Waals surface area (Å²) in [6.07, 6.45) is 0. The van der Waals surface area contributed by atoms with Gasteiger partial charge in [0.2, 0.25) is 0 Å². The first-order valence-corrected chi connectivity index (χ1v) is 4.29. The third-order valence-corrected chi connectivity index (χ3v) is 2.33. The molecule has 0 aliphatic carbocycles. The van der Waals surface area contributed by atoms with Gasteiger partial charge in [-0.05, 0) is 20.7 Å². The summed E-state index contributed by atoms with van der Waals surface area (Å²) < 4.78 is 0. The Morgan fingerprint density at radius 2 is 1.82 bits per heavy atom. The summed E-state index contributed by atoms with van der Waals surface area (Å²) in [6, 6.07) is 0.887. The maximum absolute atomic E-state index is 9.42. The number of piperazine rings is 1. The summed E-state index contributed by atoms with van der Waals surface area (Å²) in [7, 11) is -0.318. The Bertz CT molecular complexity index is 122. The lowest BCUT2D eigenvalue weighted by Crippen LogP contribution is -2.59. The maximum atomic E-state index is 9.42. The highest BCUT2D eigenvalue weighted by Gasteiger charge is 2.29. The number of rotatable bonds is 1. The minimum Gasteiger partial charge on any atom is -0.437 e. The number of hydrogen-bond donors (Lipinski definition) is 2. The quantitative estimate of drug-likeness (QED) is 0.515. The minimum absolute atomic E-state index is 0.318. The van der Waals surface area contributed by atoms with Gasteiger partial charge in [-0.25, -0.2) is 0 Å². The average molecular weight is 156 g/mol. The van der Waals surface area contributed by atoms with E-state index in [1.54, 1.807) is 0 Å². The second kappa shape index (κ2) is 3.56. The monoisotopic (exact) mass is 156 g/mol. The Balaban J connectivity index is 2.55. The summed E-state index contributed by atoms with van der Waals surface area (Å²) >= 11 is 0. The molecule has 0 spiro atoms. The molecule has 1 aliphatic rings. The highest BCUT2D eigenvalue weighted by Crippen LogP contribution is 2.09. The molecule has 0 radical (unpaired) electrons. The molecule has 4 heteroatoms. The Hall–Kier alpha value is -0.0551. The predicted octanol–water partition coefficient (Wildman–Crippen LogP) is -0.221. The lowest BCUT2D eigenvalue weighted by molar-refractivity contribution is 0.193. The van der Waals surface area contributed by atoms with E-state index >= 15 is 0 Å². The Labute approximate surface area is 68.9 Å². The van der Waals surface area contributed by atoms with Crippen LogP contribution in [0, 0.1) is 0 Å². The highest BCUT2D eigenvalue weighted by molar-refractivity contribution is 6.45. The molecular weight excluding hydrogens is 139 g/mol. The van der Waals surface area contributed by atoms with Gasteiger partial charge in [-0.15, -0.1) is 0 Å². The van der Waals surface area contributed by atoms with Crippen molar-refractivity contribution >= 4 is 7.05 Å². The lowest BCUT2D eigenvalue weighted by atomic mass is 9.80. The molecule has 0 aromatic carbocycles. The molecular formula is C7H17BN2O. The van der Waals surface area contributed by atoms with E-state index in [0.29, 0.717) is 12.1 Å². The Kier molecular flexibility index (Phi) is 2.93. The van der Waals surface area contributed by atoms with Gasteiger partial charge in [-0.2, -0.15) is 0 Å². The van der Waals surface area contributed by atoms with Gasteiger partial charge in [0.05, 0.1) is 0 Å². The summed E-state index contributed by atoms with van der Waals surface area (Å²) in [5.41, 5.74) is 0. The van der Waals surface area contributed by atoms with Crippen molar-refractivity contribution in [2.75, 3.05) is 13.1 Å². The summed E-state index contributed by atoms with van der Waals surface area (Å²) in [6.45, 7) is 8.06. The van der Waals surface area contributed by atoms with Crippen LogP contribution in [-0.2, 0) is 0 Å². The SMILES string of the molecule is CB(O)N1[C@H](C)CNC[C@@H]1C. The molecule has 1 saturated heterocycles. The molecule has 0 amide bonds. The van der Waals surface area contributed by atoms with Crippen molar-refractivity contribution in [3.63, 3.8) is 0 Å². The molecule has 0 saturated carbocycles. The van der Waals surface area contributed by atoms with Gasteiger partial charge < -0.3 is 15.2 Å². The fourth-order valence-electron chi connectivity index (χ4n) is 1.88. The van der Waals surface area contributed by atoms with Crippen LogP contribution in [0.3, 0.4) is 0 Å². The van der Waals surface area contributed by atoms with E-state index in [1.165, 1.54) is 0 Å². The van der Waals surface area contributed by atoms with Gasteiger partial charge >= 0.3 is 7.05 Å². The van der Waals surface area contributed by atoms with Gasteiger partial charge in [-0.3, -0.25) is 0 Å². The smallest absolute Gasteiger partial charge is 0.376 e. The second-order valence-electron chi connectivity index (χ2n) is 3.44. The van der Waals surface area contributed by atoms with Gasteiger partial charge in [0.25, 0.3) is 0 Å². The van der Waals surface area contributed by atoms with E-state index in [-0.39, 0.29) is 7.05 Å². The first kappa shape index (κ1) is 9.04. The van der Waals surface area contributed by atoms with E-state index in [2.05, 4.69) is 24.0 Å². The number of nitrogens with zero attached hydrogens (tertiary/aromatic N) is 1. The Morgan fingerprint density at radius 3 is 2.09 bits per heavy atom. The first-order valence-electron chi connectivity index (χ1n) is 4.29. The zero-order valence-electron chi connectivity index (χ0n) is 7.54. The third kappa shape index (κ3) is 1.95. The van der Waals surface area contributed by atoms with Gasteiger partial charge in [-0.1, -0.05) is 0 Å². The summed E-state index contributed by atoms with van der Waals surface area (Å²) in [5.74, 6) is 0. The minimum atomic E-state index is -0.318. The van der Waals surface area contributed by atoms with E-state index in [9.17, 15) is 5.02 Å². The molecule has 3 nitrogen and oxygen atoms in total. The van der Waals surface area contributed by atoms with Crippen molar-refractivity contribution in [2.24, 2.45) is 0 Å². The van der Waals surface area contributed by atoms with Crippen LogP contribution in [0.4, 0.5) is 0 Å². The summed E-state index contributed by atoms with van der Waals surface area (Å²) in [4.78, 5) is 2.14. The normalized spacial score (nSPS) is 33.8. The topological polar surface area (TPSA) is 35.5 Å². The van der Waals surface area contributed by atoms with Gasteiger partial charge in [0.15, 0.2) is 0 Å². The van der Waals surface area contributed by atoms with E-state index in [0.717, 1.165) is 13.1 Å². The van der Waals surface area contributed by atoms with Crippen LogP contribution in [0.2, 0.25) is 6.82 Å². The summed E-state index contributed by atoms with van der Waals surface area (Å²) in [5, 5.41) is 12.7. The zero-order valence-corrected chi connectivity index (χ0v) is 7.54. The van der Waals surface area contributed by atoms with E-state index < -0.39 is 0 Å². The second-order valence-corrected chi connectivity index (χ2v) is 3.44. The predicted molar refractivity (Wildman–Crippen MR) is 47.5 cm³/mol. The van der Waals surface area contributed by atoms with E-state index in [4.69, 9.17) is 0 Å². The molecule has 0 aromatic heterocycles. The fourth-order valence-corrected chi connectivity index (χ4v) is 1.88. The molecule has 2 N–H and O–H groups in total. The molecule has 64 valence electrons. The van der Waals surface area contributed by atoms with E-state index in [1.807, 2.05) is 6.82 Å². The van der Waals surface area contributed by atoms with Crippen molar-refractivity contribution in [3.8, 4) is 0 Å². The molecule has 1 aliphatic heterocycles. The average Bonchev–Trinajstić information content (AvgIpc) is 1.85. The van der Waals surface area contributed by atoms with Crippen molar-refractivity contribution in [1.29, 1.82) is 0 Å². The van der Waals surface area contributed by atoms with Crippen molar-refractivity contribution in [2.45, 2.75) is 32.8 Å². The van der Waals surface area contributed by atoms with Crippen LogP contribution >= 0.6 is 0 Å². The molecule has 1 rings (SSSR count). The Morgan fingerprint density at radius 1 is 1.36 bits per heavy atom. The zero-order chi connectivity index (χ0) is 8.43. The highest BCUT2D eigenvalue weighted by atomic mass is 16.2. The number of hydrogen-bond acceptors (Lipinski definition) is 3. The molecule has 0 unspecified atom stereocenters. The molecule has 1 fully saturated rings. The van der Waals surface area contributed by atoms with Gasteiger partial charge in [0.1, 0.15) is 0 Å². The molecule has 11 heavy (non-hydrogen) atoms. The van der Waals surface area contributed by atoms with Crippen molar-refractivity contribution in [3.05, 3.63) is 0 Å². The van der Waals surface area contributed by atoms with Gasteiger partial charge in [0, 0.05) is 25.2 Å². The largest absolute Gasteiger partial charge is 0.437 e. The van der Waals surface area contributed by atoms with Crippen LogP contribution in [0.25, 0.3) is 0 Å². The van der Waals surface area contributed by atoms with Crippen LogP contribution in [0.5, 0.6) is 0 Å². The van der Waals surface area contributed by atoms with Crippen LogP contribution in [0.1, 0.15) is 13.8 Å². The third-order valence-electron chi connectivity index (χ3n) is 2.33. The van der Waals surface area contributed by atoms with Crippen LogP contribution in [-0.4, -0.2) is 42.1 Å². The van der Waals surface area contributed by atoms with Crippen molar-refractivity contribution < 1.29 is 5.02 Å². The molecule has 2 atom stereocenters. The van der Waals surface area contributed by atoms with Crippen LogP contribution < -0.4 is 5.32 Å². The molecule has 1 heterocycles. The maximum Gasteiger partial charge on any atom is 0.376 e. The lowest BCUT2D eigenvalue weighted by Gasteiger charge is -2.40. The number of nitrogens with one attached hydrogen (secondary N) is 1. The van der Waals surface area contributed by atoms with Crippen molar-refractivity contribution in [1.82, 2.24) is 10.1 Å². The first-order chi connectivity index (χ1) is 5.13. The fraction of sp³-hybridized carbons (Fsp3) is 1.00. The standard InChI is InChI=1S/C7H17BN2O/c1-6-4-9-5-7(2)10(6)8(3)11/h6-7,9,11H,4-5H2,1-3H3/t6-,7+.